The van der Waals surface area contributed by atoms with Gasteiger partial charge in [0.2, 0.25) is 0 Å². The summed E-state index contributed by atoms with van der Waals surface area (Å²) < 4.78 is 0. The Labute approximate surface area is 145 Å². The van der Waals surface area contributed by atoms with Gasteiger partial charge in [0, 0.05) is 0 Å². The van der Waals surface area contributed by atoms with Crippen molar-refractivity contribution < 1.29 is 33.6 Å². The predicted octanol–water partition coefficient (Wildman–Crippen LogP) is 1.43. The molecule has 9 nitrogen and oxygen atoms in total. The van der Waals surface area contributed by atoms with Crippen LogP contribution in [0, 0.1) is 0 Å². The Kier molecular flexibility index (Phi) is 3.29. The summed E-state index contributed by atoms with van der Waals surface area (Å²) in [7, 11) is 0. The lowest BCUT2D eigenvalue weighted by Crippen LogP contribution is -2.37. The van der Waals surface area contributed by atoms with E-state index in [0.29, 0.717) is 10.1 Å². The van der Waals surface area contributed by atoms with Crippen LogP contribution in [0.15, 0.2) is 48.5 Å². The maximum Gasteiger partial charge on any atom is 0.559 e. The van der Waals surface area contributed by atoms with E-state index in [9.17, 15) is 24.0 Å². The molecule has 0 N–H and O–H groups in total. The Morgan fingerprint density at radius 3 is 1.46 bits per heavy atom. The number of para-hydroxylation sites is 2. The third-order valence-corrected chi connectivity index (χ3v) is 3.82. The molecule has 0 spiro atoms. The van der Waals surface area contributed by atoms with Crippen LogP contribution in [0.2, 0.25) is 0 Å². The van der Waals surface area contributed by atoms with Crippen LogP contribution in [0.25, 0.3) is 0 Å². The highest BCUT2D eigenvalue weighted by Gasteiger charge is 2.42. The number of hydrogen-bond donors (Lipinski definition) is 0. The Morgan fingerprint density at radius 1 is 0.654 bits per heavy atom. The molecule has 2 aromatic carbocycles. The van der Waals surface area contributed by atoms with Crippen molar-refractivity contribution >= 4 is 40.9 Å². The number of carbonyl (C=O) groups is 5. The molecule has 2 aromatic rings. The first-order valence-electron chi connectivity index (χ1n) is 7.34. The highest BCUT2D eigenvalue weighted by Crippen LogP contribution is 2.31. The van der Waals surface area contributed by atoms with Crippen LogP contribution in [0.4, 0.5) is 16.2 Å². The SMILES string of the molecule is O=C(ON1C(=O)C(=O)c2ccccc21)ON1C(=O)C(=O)c2ccccc21. The highest BCUT2D eigenvalue weighted by molar-refractivity contribution is 6.52. The first-order valence-corrected chi connectivity index (χ1v) is 7.34. The number of ketones is 2. The molecule has 2 aliphatic heterocycles. The first kappa shape index (κ1) is 15.5. The third-order valence-electron chi connectivity index (χ3n) is 3.82. The van der Waals surface area contributed by atoms with E-state index in [2.05, 4.69) is 0 Å². The van der Waals surface area contributed by atoms with Gasteiger partial charge in [-0.05, 0) is 24.3 Å². The van der Waals surface area contributed by atoms with Crippen molar-refractivity contribution in [1.29, 1.82) is 0 Å². The van der Waals surface area contributed by atoms with Gasteiger partial charge in [-0.2, -0.15) is 4.79 Å². The van der Waals surface area contributed by atoms with E-state index < -0.39 is 29.5 Å². The molecule has 0 bridgehead atoms. The molecule has 2 aliphatic rings. The summed E-state index contributed by atoms with van der Waals surface area (Å²) in [4.78, 5) is 69.2. The lowest BCUT2D eigenvalue weighted by atomic mass is 10.1. The van der Waals surface area contributed by atoms with Crippen LogP contribution in [0.5, 0.6) is 0 Å². The van der Waals surface area contributed by atoms with Gasteiger partial charge in [-0.15, -0.1) is 10.1 Å². The smallest absolute Gasteiger partial charge is 0.296 e. The number of fused-ring (bicyclic) bond motifs is 2. The molecule has 4 rings (SSSR count). The van der Waals surface area contributed by atoms with Gasteiger partial charge >= 0.3 is 18.0 Å². The fraction of sp³-hybridized carbons (Fsp3) is 0. The zero-order valence-electron chi connectivity index (χ0n) is 12.9. The van der Waals surface area contributed by atoms with Crippen molar-refractivity contribution in [3.63, 3.8) is 0 Å². The van der Waals surface area contributed by atoms with Gasteiger partial charge in [-0.25, -0.2) is 0 Å². The van der Waals surface area contributed by atoms with Crippen LogP contribution in [-0.4, -0.2) is 29.5 Å². The van der Waals surface area contributed by atoms with Crippen molar-refractivity contribution in [1.82, 2.24) is 0 Å². The predicted molar refractivity (Wildman–Crippen MR) is 84.1 cm³/mol. The molecule has 0 aliphatic carbocycles. The van der Waals surface area contributed by atoms with E-state index >= 15 is 0 Å². The number of anilines is 2. The van der Waals surface area contributed by atoms with E-state index in [1.165, 1.54) is 24.3 Å². The quantitative estimate of drug-likeness (QED) is 0.752. The van der Waals surface area contributed by atoms with Crippen molar-refractivity contribution in [2.24, 2.45) is 0 Å². The number of Topliss-reactive ketones (excluding diaryl/α,β-unsaturated/α-hetero) is 2. The molecule has 26 heavy (non-hydrogen) atoms. The standard InChI is InChI=1S/C17H8N2O7/c20-13-9-5-1-3-7-11(9)18(15(13)22)25-17(24)26-19-12-8-4-2-6-10(12)14(21)16(19)23/h1-8H. The van der Waals surface area contributed by atoms with Gasteiger partial charge in [-0.3, -0.25) is 28.9 Å². The van der Waals surface area contributed by atoms with Gasteiger partial charge < -0.3 is 0 Å². The average Bonchev–Trinajstić information content (AvgIpc) is 3.03. The van der Waals surface area contributed by atoms with Crippen LogP contribution in [0.3, 0.4) is 0 Å². The molecule has 0 aromatic heterocycles. The molecule has 9 heteroatoms. The first-order chi connectivity index (χ1) is 12.5. The Balaban J connectivity index is 1.56. The fourth-order valence-corrected chi connectivity index (χ4v) is 2.67. The number of rotatable bonds is 2. The topological polar surface area (TPSA) is 110 Å². The summed E-state index contributed by atoms with van der Waals surface area (Å²) in [6.45, 7) is 0. The molecule has 0 atom stereocenters. The van der Waals surface area contributed by atoms with E-state index in [-0.39, 0.29) is 22.5 Å². The van der Waals surface area contributed by atoms with Gasteiger partial charge in [0.15, 0.2) is 0 Å². The summed E-state index contributed by atoms with van der Waals surface area (Å²) in [6, 6.07) is 11.8. The largest absolute Gasteiger partial charge is 0.559 e. The molecule has 128 valence electrons. The molecule has 0 fully saturated rings. The van der Waals surface area contributed by atoms with E-state index in [1.54, 1.807) is 24.3 Å². The zero-order chi connectivity index (χ0) is 18.4. The molecule has 0 saturated heterocycles. The van der Waals surface area contributed by atoms with Gasteiger partial charge in [0.05, 0.1) is 22.5 Å². The maximum absolute atomic E-state index is 12.0. The lowest BCUT2D eigenvalue weighted by Gasteiger charge is -2.18. The van der Waals surface area contributed by atoms with E-state index in [0.717, 1.165) is 0 Å². The minimum absolute atomic E-state index is 0.0723. The molecular weight excluding hydrogens is 344 g/mol. The van der Waals surface area contributed by atoms with Crippen molar-refractivity contribution in [2.45, 2.75) is 0 Å². The minimum Gasteiger partial charge on any atom is -0.296 e. The zero-order valence-corrected chi connectivity index (χ0v) is 12.9. The van der Waals surface area contributed by atoms with E-state index in [1.807, 2.05) is 0 Å². The number of benzene rings is 2. The number of hydrogen-bond acceptors (Lipinski definition) is 7. The normalized spacial score (nSPS) is 15.2. The van der Waals surface area contributed by atoms with Crippen LogP contribution < -0.4 is 10.1 Å². The minimum atomic E-state index is -1.46. The Bertz CT molecular complexity index is 934. The number of nitrogens with zero attached hydrogens (tertiary/aromatic N) is 2. The van der Waals surface area contributed by atoms with Crippen molar-refractivity contribution in [3.05, 3.63) is 59.7 Å². The second kappa shape index (κ2) is 5.52. The second-order valence-electron chi connectivity index (χ2n) is 5.32. The Morgan fingerprint density at radius 2 is 1.04 bits per heavy atom. The van der Waals surface area contributed by atoms with Crippen LogP contribution in [0.1, 0.15) is 20.7 Å². The summed E-state index contributed by atoms with van der Waals surface area (Å²) in [5.74, 6) is -3.84. The summed E-state index contributed by atoms with van der Waals surface area (Å²) in [5.41, 5.74) is 0.290. The fourth-order valence-electron chi connectivity index (χ4n) is 2.67. The highest BCUT2D eigenvalue weighted by atomic mass is 16.9. The van der Waals surface area contributed by atoms with E-state index in [4.69, 9.17) is 9.68 Å². The molecular formula is C17H8N2O7. The molecule has 0 radical (unpaired) electrons. The molecule has 0 saturated carbocycles. The summed E-state index contributed by atoms with van der Waals surface area (Å²) >= 11 is 0. The lowest BCUT2D eigenvalue weighted by molar-refractivity contribution is -0.122. The summed E-state index contributed by atoms with van der Waals surface area (Å²) in [6.07, 6.45) is -1.46. The summed E-state index contributed by atoms with van der Waals surface area (Å²) in [5, 5.41) is 0.961. The van der Waals surface area contributed by atoms with Crippen LogP contribution >= 0.6 is 0 Å². The maximum atomic E-state index is 12.0. The molecule has 2 amide bonds. The van der Waals surface area contributed by atoms with Crippen molar-refractivity contribution in [2.75, 3.05) is 10.1 Å². The molecule has 0 unspecified atom stereocenters. The average molecular weight is 352 g/mol. The molecule has 2 heterocycles. The number of amides is 2. The third kappa shape index (κ3) is 2.14. The monoisotopic (exact) mass is 352 g/mol. The van der Waals surface area contributed by atoms with Gasteiger partial charge in [0.25, 0.3) is 11.6 Å². The van der Waals surface area contributed by atoms with Gasteiger partial charge in [0.1, 0.15) is 0 Å². The van der Waals surface area contributed by atoms with Crippen molar-refractivity contribution in [3.8, 4) is 0 Å². The second-order valence-corrected chi connectivity index (χ2v) is 5.32. The number of carbonyl (C=O) groups excluding carboxylic acids is 5. The Hall–Kier alpha value is -4.01. The number of hydroxylamine groups is 2. The van der Waals surface area contributed by atoms with Gasteiger partial charge in [-0.1, -0.05) is 24.3 Å². The van der Waals surface area contributed by atoms with Crippen LogP contribution in [-0.2, 0) is 19.3 Å².